The van der Waals surface area contributed by atoms with E-state index in [1.165, 1.54) is 12.8 Å². The lowest BCUT2D eigenvalue weighted by Gasteiger charge is -2.40. The first-order chi connectivity index (χ1) is 9.25. The van der Waals surface area contributed by atoms with Crippen LogP contribution in [0.25, 0.3) is 0 Å². The summed E-state index contributed by atoms with van der Waals surface area (Å²) in [5.41, 5.74) is 8.77. The summed E-state index contributed by atoms with van der Waals surface area (Å²) in [6.45, 7) is 11.1. The van der Waals surface area contributed by atoms with Gasteiger partial charge in [-0.2, -0.15) is 0 Å². The zero-order valence-corrected chi connectivity index (χ0v) is 14.1. The highest BCUT2D eigenvalue weighted by Gasteiger charge is 2.35. The SMILES string of the molecule is Cc1cc(C)nc(SC2CC(C(C)(C)C)CCC2N)n1. The first-order valence-electron chi connectivity index (χ1n) is 7.50. The molecule has 0 spiro atoms. The largest absolute Gasteiger partial charge is 0.327 e. The lowest BCUT2D eigenvalue weighted by molar-refractivity contribution is 0.174. The van der Waals surface area contributed by atoms with Gasteiger partial charge in [0.1, 0.15) is 0 Å². The van der Waals surface area contributed by atoms with E-state index in [9.17, 15) is 0 Å². The maximum Gasteiger partial charge on any atom is 0.188 e. The van der Waals surface area contributed by atoms with Crippen LogP contribution in [0.15, 0.2) is 11.2 Å². The molecule has 2 N–H and O–H groups in total. The van der Waals surface area contributed by atoms with Gasteiger partial charge >= 0.3 is 0 Å². The van der Waals surface area contributed by atoms with Gasteiger partial charge in [0.2, 0.25) is 0 Å². The summed E-state index contributed by atoms with van der Waals surface area (Å²) in [4.78, 5) is 9.09. The lowest BCUT2D eigenvalue weighted by atomic mass is 9.71. The van der Waals surface area contributed by atoms with Gasteiger partial charge in [-0.15, -0.1) is 0 Å². The topological polar surface area (TPSA) is 51.8 Å². The molecule has 3 unspecified atom stereocenters. The highest BCUT2D eigenvalue weighted by Crippen LogP contribution is 2.42. The van der Waals surface area contributed by atoms with Gasteiger partial charge in [-0.1, -0.05) is 32.5 Å². The van der Waals surface area contributed by atoms with Crippen molar-refractivity contribution in [2.24, 2.45) is 17.1 Å². The van der Waals surface area contributed by atoms with E-state index in [0.717, 1.165) is 28.9 Å². The second kappa shape index (κ2) is 6.02. The highest BCUT2D eigenvalue weighted by molar-refractivity contribution is 7.99. The molecule has 3 atom stereocenters. The van der Waals surface area contributed by atoms with Crippen molar-refractivity contribution in [3.8, 4) is 0 Å². The minimum absolute atomic E-state index is 0.267. The minimum atomic E-state index is 0.267. The van der Waals surface area contributed by atoms with Crippen molar-refractivity contribution >= 4 is 11.8 Å². The van der Waals surface area contributed by atoms with Crippen molar-refractivity contribution < 1.29 is 0 Å². The molecule has 1 aliphatic rings. The molecule has 3 nitrogen and oxygen atoms in total. The fourth-order valence-corrected chi connectivity index (χ4v) is 4.26. The zero-order valence-electron chi connectivity index (χ0n) is 13.3. The minimum Gasteiger partial charge on any atom is -0.327 e. The fraction of sp³-hybridized carbons (Fsp3) is 0.750. The summed E-state index contributed by atoms with van der Waals surface area (Å²) >= 11 is 1.77. The first kappa shape index (κ1) is 15.8. The third kappa shape index (κ3) is 3.95. The van der Waals surface area contributed by atoms with Crippen molar-refractivity contribution in [3.05, 3.63) is 17.5 Å². The van der Waals surface area contributed by atoms with Crippen molar-refractivity contribution in [1.82, 2.24) is 9.97 Å². The third-order valence-corrected chi connectivity index (χ3v) is 5.52. The summed E-state index contributed by atoms with van der Waals surface area (Å²) < 4.78 is 0. The Morgan fingerprint density at radius 3 is 2.30 bits per heavy atom. The van der Waals surface area contributed by atoms with Gasteiger partial charge in [-0.3, -0.25) is 0 Å². The molecule has 0 aromatic carbocycles. The molecule has 0 amide bonds. The Bertz CT molecular complexity index is 447. The molecular formula is C16H27N3S. The Morgan fingerprint density at radius 1 is 1.15 bits per heavy atom. The van der Waals surface area contributed by atoms with Gasteiger partial charge in [0.05, 0.1) is 0 Å². The van der Waals surface area contributed by atoms with E-state index >= 15 is 0 Å². The van der Waals surface area contributed by atoms with E-state index in [-0.39, 0.29) is 6.04 Å². The zero-order chi connectivity index (χ0) is 14.9. The Morgan fingerprint density at radius 2 is 1.75 bits per heavy atom. The van der Waals surface area contributed by atoms with Crippen LogP contribution in [0.4, 0.5) is 0 Å². The second-order valence-electron chi connectivity index (χ2n) is 7.13. The predicted octanol–water partition coefficient (Wildman–Crippen LogP) is 3.73. The normalized spacial score (nSPS) is 27.6. The molecule has 2 rings (SSSR count). The number of aryl methyl sites for hydroxylation is 2. The Kier molecular flexibility index (Phi) is 4.75. The molecule has 1 heterocycles. The van der Waals surface area contributed by atoms with Crippen LogP contribution >= 0.6 is 11.8 Å². The standard InChI is InChI=1S/C16H27N3S/c1-10-8-11(2)19-15(18-10)20-14-9-12(16(3,4)5)6-7-13(14)17/h8,12-14H,6-7,9,17H2,1-5H3. The van der Waals surface area contributed by atoms with E-state index in [4.69, 9.17) is 5.73 Å². The van der Waals surface area contributed by atoms with Crippen LogP contribution in [0.5, 0.6) is 0 Å². The molecule has 0 aliphatic heterocycles. The van der Waals surface area contributed by atoms with Gasteiger partial charge in [0, 0.05) is 22.7 Å². The predicted molar refractivity (Wildman–Crippen MR) is 85.9 cm³/mol. The van der Waals surface area contributed by atoms with Gasteiger partial charge in [-0.25, -0.2) is 9.97 Å². The summed E-state index contributed by atoms with van der Waals surface area (Å²) in [5, 5.41) is 1.33. The molecule has 1 fully saturated rings. The molecule has 4 heteroatoms. The van der Waals surface area contributed by atoms with Crippen molar-refractivity contribution in [2.75, 3.05) is 0 Å². The maximum atomic E-state index is 6.33. The Labute approximate surface area is 127 Å². The summed E-state index contributed by atoms with van der Waals surface area (Å²) in [6, 6.07) is 2.28. The molecule has 1 saturated carbocycles. The van der Waals surface area contributed by atoms with Crippen LogP contribution in [0.2, 0.25) is 0 Å². The van der Waals surface area contributed by atoms with Gasteiger partial charge in [-0.05, 0) is 50.5 Å². The van der Waals surface area contributed by atoms with E-state index in [1.807, 2.05) is 19.9 Å². The fourth-order valence-electron chi connectivity index (χ4n) is 2.96. The molecule has 112 valence electrons. The molecule has 1 aromatic heterocycles. The Hall–Kier alpha value is -0.610. The molecule has 1 aromatic rings. The van der Waals surface area contributed by atoms with E-state index in [2.05, 4.69) is 30.7 Å². The van der Waals surface area contributed by atoms with Crippen LogP contribution in [0, 0.1) is 25.2 Å². The summed E-state index contributed by atoms with van der Waals surface area (Å²) in [7, 11) is 0. The van der Waals surface area contributed by atoms with Gasteiger partial charge < -0.3 is 5.73 Å². The molecule has 1 aliphatic carbocycles. The Balaban J connectivity index is 2.10. The summed E-state index contributed by atoms with van der Waals surface area (Å²) in [5.74, 6) is 0.741. The molecule has 0 radical (unpaired) electrons. The number of rotatable bonds is 2. The third-order valence-electron chi connectivity index (χ3n) is 4.29. The van der Waals surface area contributed by atoms with Crippen LogP contribution in [0.1, 0.15) is 51.4 Å². The number of nitrogens with two attached hydrogens (primary N) is 1. The van der Waals surface area contributed by atoms with Crippen LogP contribution in [-0.4, -0.2) is 21.3 Å². The van der Waals surface area contributed by atoms with Crippen LogP contribution < -0.4 is 5.73 Å². The number of hydrogen-bond donors (Lipinski definition) is 1. The smallest absolute Gasteiger partial charge is 0.188 e. The molecule has 20 heavy (non-hydrogen) atoms. The quantitative estimate of drug-likeness (QED) is 0.844. The molecular weight excluding hydrogens is 266 g/mol. The number of thioether (sulfide) groups is 1. The number of aromatic nitrogens is 2. The van der Waals surface area contributed by atoms with Crippen molar-refractivity contribution in [3.63, 3.8) is 0 Å². The number of hydrogen-bond acceptors (Lipinski definition) is 4. The van der Waals surface area contributed by atoms with E-state index in [1.54, 1.807) is 11.8 Å². The highest BCUT2D eigenvalue weighted by atomic mass is 32.2. The van der Waals surface area contributed by atoms with Crippen LogP contribution in [-0.2, 0) is 0 Å². The van der Waals surface area contributed by atoms with Crippen molar-refractivity contribution in [2.45, 2.75) is 70.3 Å². The lowest BCUT2D eigenvalue weighted by Crippen LogP contribution is -2.41. The monoisotopic (exact) mass is 293 g/mol. The van der Waals surface area contributed by atoms with Crippen molar-refractivity contribution in [1.29, 1.82) is 0 Å². The average molecular weight is 293 g/mol. The van der Waals surface area contributed by atoms with Crippen LogP contribution in [0.3, 0.4) is 0 Å². The number of nitrogens with zero attached hydrogens (tertiary/aromatic N) is 2. The van der Waals surface area contributed by atoms with E-state index in [0.29, 0.717) is 10.7 Å². The van der Waals surface area contributed by atoms with Gasteiger partial charge in [0.25, 0.3) is 0 Å². The molecule has 0 saturated heterocycles. The molecule has 0 bridgehead atoms. The first-order valence-corrected chi connectivity index (χ1v) is 8.38. The van der Waals surface area contributed by atoms with E-state index < -0.39 is 0 Å². The van der Waals surface area contributed by atoms with Gasteiger partial charge in [0.15, 0.2) is 5.16 Å². The second-order valence-corrected chi connectivity index (χ2v) is 8.34. The maximum absolute atomic E-state index is 6.33. The summed E-state index contributed by atoms with van der Waals surface area (Å²) in [6.07, 6.45) is 3.53. The average Bonchev–Trinajstić information content (AvgIpc) is 2.29.